The van der Waals surface area contributed by atoms with E-state index in [0.717, 1.165) is 0 Å². The van der Waals surface area contributed by atoms with E-state index in [-0.39, 0.29) is 22.2 Å². The van der Waals surface area contributed by atoms with Crippen LogP contribution in [0.4, 0.5) is 5.69 Å². The summed E-state index contributed by atoms with van der Waals surface area (Å²) in [6.07, 6.45) is 0. The first kappa shape index (κ1) is 16.6. The molecule has 0 radical (unpaired) electrons. The number of hydrogen-bond donors (Lipinski definition) is 1. The molecule has 4 rings (SSSR count). The maximum Gasteiger partial charge on any atom is 0.406 e. The highest BCUT2D eigenvalue weighted by Crippen LogP contribution is 2.23. The first-order valence-electron chi connectivity index (χ1n) is 7.05. The van der Waals surface area contributed by atoms with Gasteiger partial charge in [0.05, 0.1) is 11.0 Å². The van der Waals surface area contributed by atoms with Crippen molar-refractivity contribution in [3.8, 4) is 5.69 Å². The third-order valence-corrected chi connectivity index (χ3v) is 4.09. The van der Waals surface area contributed by atoms with Gasteiger partial charge in [-0.15, -0.1) is 4.52 Å². The summed E-state index contributed by atoms with van der Waals surface area (Å²) in [7, 11) is 0. The van der Waals surface area contributed by atoms with Crippen LogP contribution in [0.1, 0.15) is 0 Å². The summed E-state index contributed by atoms with van der Waals surface area (Å²) in [6, 6.07) is 14.8. The van der Waals surface area contributed by atoms with Crippen molar-refractivity contribution in [1.82, 2.24) is 9.90 Å². The first-order valence-corrected chi connectivity index (χ1v) is 7.43. The normalized spacial score (nSPS) is 10.8. The van der Waals surface area contributed by atoms with Gasteiger partial charge in [0.15, 0.2) is 11.2 Å². The Hall–Kier alpha value is -3.23. The Labute approximate surface area is 144 Å². The Balaban J connectivity index is 0.00000182. The minimum atomic E-state index is -0.485. The summed E-state index contributed by atoms with van der Waals surface area (Å²) in [6.45, 7) is 0. The molecule has 25 heavy (non-hydrogen) atoms. The molecule has 0 spiro atoms. The summed E-state index contributed by atoms with van der Waals surface area (Å²) < 4.78 is 2.86. The van der Waals surface area contributed by atoms with Crippen LogP contribution in [0.5, 0.6) is 0 Å². The largest absolute Gasteiger partial charge is 0.870 e. The maximum absolute atomic E-state index is 12.7. The minimum absolute atomic E-state index is 0. The molecule has 0 saturated carbocycles. The van der Waals surface area contributed by atoms with E-state index in [9.17, 15) is 14.9 Å². The number of halogens is 1. The number of nitro groups is 1. The van der Waals surface area contributed by atoms with Gasteiger partial charge in [-0.2, -0.15) is 0 Å². The highest BCUT2D eigenvalue weighted by molar-refractivity contribution is 6.30. The summed E-state index contributed by atoms with van der Waals surface area (Å²) >= 11 is 5.87. The van der Waals surface area contributed by atoms with E-state index in [0.29, 0.717) is 21.6 Å². The van der Waals surface area contributed by atoms with E-state index in [2.05, 4.69) is 5.21 Å². The van der Waals surface area contributed by atoms with Gasteiger partial charge in [0.25, 0.3) is 11.2 Å². The maximum atomic E-state index is 12.7. The van der Waals surface area contributed by atoms with Crippen molar-refractivity contribution in [3.63, 3.8) is 0 Å². The molecule has 2 N–H and O–H groups in total. The van der Waals surface area contributed by atoms with Crippen molar-refractivity contribution in [2.24, 2.45) is 0 Å². The molecule has 2 aromatic carbocycles. The first-order chi connectivity index (χ1) is 11.6. The van der Waals surface area contributed by atoms with Crippen LogP contribution in [0.15, 0.2) is 59.4 Å². The molecule has 8 nitrogen and oxygen atoms in total. The second-order valence-corrected chi connectivity index (χ2v) is 5.68. The van der Waals surface area contributed by atoms with Crippen molar-refractivity contribution in [2.75, 3.05) is 0 Å². The number of nitrogens with zero attached hydrogens (tertiary/aromatic N) is 3. The Morgan fingerprint density at radius 3 is 2.44 bits per heavy atom. The number of aromatic nitrogens is 3. The van der Waals surface area contributed by atoms with E-state index < -0.39 is 4.92 Å². The summed E-state index contributed by atoms with van der Waals surface area (Å²) in [4.78, 5) is 23.5. The number of pyridine rings is 1. The predicted octanol–water partition coefficient (Wildman–Crippen LogP) is 2.44. The summed E-state index contributed by atoms with van der Waals surface area (Å²) in [5, 5.41) is 15.3. The van der Waals surface area contributed by atoms with Crippen molar-refractivity contribution >= 4 is 33.7 Å². The van der Waals surface area contributed by atoms with E-state index in [4.69, 9.17) is 11.6 Å². The number of para-hydroxylation sites is 1. The molecule has 0 bridgehead atoms. The van der Waals surface area contributed by atoms with Gasteiger partial charge in [0, 0.05) is 5.02 Å². The zero-order valence-corrected chi connectivity index (χ0v) is 13.3. The SMILES string of the molecule is O=c1c2cc([N+](=O)[O-])c3ccccc3[n+]2[nH]n1-c1ccc(Cl)cc1.[OH-]. The van der Waals surface area contributed by atoms with Crippen molar-refractivity contribution in [1.29, 1.82) is 0 Å². The molecule has 4 aromatic rings. The zero-order valence-electron chi connectivity index (χ0n) is 12.6. The molecule has 0 unspecified atom stereocenters. The fourth-order valence-corrected chi connectivity index (χ4v) is 2.85. The fourth-order valence-electron chi connectivity index (χ4n) is 2.73. The molecule has 0 aliphatic rings. The second-order valence-electron chi connectivity index (χ2n) is 5.24. The van der Waals surface area contributed by atoms with Gasteiger partial charge in [-0.25, -0.2) is 4.79 Å². The number of nitrogens with one attached hydrogen (secondary N) is 1. The summed E-state index contributed by atoms with van der Waals surface area (Å²) in [5.74, 6) is 0. The third kappa shape index (κ3) is 2.53. The Bertz CT molecular complexity index is 1160. The lowest BCUT2D eigenvalue weighted by atomic mass is 10.2. The smallest absolute Gasteiger partial charge is 0.406 e. The number of H-pyrrole nitrogens is 1. The van der Waals surface area contributed by atoms with Crippen LogP contribution < -0.4 is 10.1 Å². The molecule has 0 fully saturated rings. The average molecular weight is 359 g/mol. The quantitative estimate of drug-likeness (QED) is 0.336. The molecular formula is C16H11ClN4O4. The molecule has 126 valence electrons. The van der Waals surface area contributed by atoms with Gasteiger partial charge in [0.1, 0.15) is 5.39 Å². The lowest BCUT2D eigenvalue weighted by Crippen LogP contribution is -2.26. The third-order valence-electron chi connectivity index (χ3n) is 3.84. The van der Waals surface area contributed by atoms with Crippen LogP contribution in [0.3, 0.4) is 0 Å². The molecule has 0 amide bonds. The molecule has 0 aliphatic heterocycles. The number of hydrogen-bond acceptors (Lipinski definition) is 4. The van der Waals surface area contributed by atoms with Crippen molar-refractivity contribution in [2.45, 2.75) is 0 Å². The Kier molecular flexibility index (Phi) is 3.99. The van der Waals surface area contributed by atoms with Crippen LogP contribution in [0, 0.1) is 10.1 Å². The molecule has 0 saturated heterocycles. The van der Waals surface area contributed by atoms with Crippen LogP contribution in [0.25, 0.3) is 22.1 Å². The number of benzene rings is 2. The molecule has 2 aromatic heterocycles. The van der Waals surface area contributed by atoms with E-state index in [1.807, 2.05) is 0 Å². The van der Waals surface area contributed by atoms with Gasteiger partial charge in [0.2, 0.25) is 0 Å². The second kappa shape index (κ2) is 6.00. The molecule has 0 aliphatic carbocycles. The fraction of sp³-hybridized carbons (Fsp3) is 0. The molecule has 2 heterocycles. The minimum Gasteiger partial charge on any atom is -0.870 e. The lowest BCUT2D eigenvalue weighted by Gasteiger charge is -1.97. The van der Waals surface area contributed by atoms with Gasteiger partial charge in [-0.05, 0) is 36.4 Å². The monoisotopic (exact) mass is 358 g/mol. The van der Waals surface area contributed by atoms with E-state index >= 15 is 0 Å². The predicted molar refractivity (Wildman–Crippen MR) is 90.7 cm³/mol. The highest BCUT2D eigenvalue weighted by Gasteiger charge is 2.25. The van der Waals surface area contributed by atoms with Crippen molar-refractivity contribution < 1.29 is 14.9 Å². The standard InChI is InChI=1S/C16H9ClN4O3.H2O/c17-10-5-7-11(8-6-10)19-16(22)15-9-14(21(23)24)12-3-1-2-4-13(12)20(15)18-19;/h1-9H;1H2. The Morgan fingerprint density at radius 1 is 1.08 bits per heavy atom. The van der Waals surface area contributed by atoms with Crippen LogP contribution in [-0.2, 0) is 0 Å². The van der Waals surface area contributed by atoms with Gasteiger partial charge in [-0.3, -0.25) is 10.1 Å². The number of fused-ring (bicyclic) bond motifs is 3. The topological polar surface area (TPSA) is 115 Å². The van der Waals surface area contributed by atoms with Gasteiger partial charge >= 0.3 is 5.56 Å². The van der Waals surface area contributed by atoms with Crippen LogP contribution >= 0.6 is 11.6 Å². The van der Waals surface area contributed by atoms with E-state index in [1.54, 1.807) is 53.0 Å². The number of rotatable bonds is 2. The Morgan fingerprint density at radius 2 is 1.76 bits per heavy atom. The summed E-state index contributed by atoms with van der Waals surface area (Å²) in [5.41, 5.74) is 0.831. The van der Waals surface area contributed by atoms with Gasteiger partial charge in [-0.1, -0.05) is 33.6 Å². The highest BCUT2D eigenvalue weighted by atomic mass is 35.5. The molecule has 0 atom stereocenters. The number of aromatic amines is 1. The van der Waals surface area contributed by atoms with Crippen molar-refractivity contribution in [3.05, 3.63) is 80.1 Å². The van der Waals surface area contributed by atoms with E-state index in [1.165, 1.54) is 10.7 Å². The molecular weight excluding hydrogens is 348 g/mol. The van der Waals surface area contributed by atoms with Crippen LogP contribution in [0.2, 0.25) is 5.02 Å². The average Bonchev–Trinajstić information content (AvgIpc) is 2.92. The lowest BCUT2D eigenvalue weighted by molar-refractivity contribution is -0.556. The molecule has 9 heteroatoms. The van der Waals surface area contributed by atoms with Gasteiger partial charge < -0.3 is 5.48 Å². The zero-order chi connectivity index (χ0) is 16.8. The van der Waals surface area contributed by atoms with Crippen LogP contribution in [-0.4, -0.2) is 20.3 Å².